The SMILES string of the molecule is CC(O)CC(C)(C)CNC(=O)c1cc(C(=O)O)ccn1. The van der Waals surface area contributed by atoms with E-state index >= 15 is 0 Å². The van der Waals surface area contributed by atoms with Crippen molar-refractivity contribution in [2.75, 3.05) is 6.54 Å². The number of hydrogen-bond acceptors (Lipinski definition) is 4. The predicted molar refractivity (Wildman–Crippen MR) is 73.6 cm³/mol. The van der Waals surface area contributed by atoms with Crippen LogP contribution in [0, 0.1) is 5.41 Å². The molecule has 0 fully saturated rings. The number of nitrogens with zero attached hydrogens (tertiary/aromatic N) is 1. The van der Waals surface area contributed by atoms with E-state index in [1.54, 1.807) is 6.92 Å². The van der Waals surface area contributed by atoms with Crippen molar-refractivity contribution in [1.82, 2.24) is 10.3 Å². The van der Waals surface area contributed by atoms with Gasteiger partial charge < -0.3 is 15.5 Å². The fraction of sp³-hybridized carbons (Fsp3) is 0.500. The lowest BCUT2D eigenvalue weighted by Gasteiger charge is -2.26. The molecular weight excluding hydrogens is 260 g/mol. The first-order valence-corrected chi connectivity index (χ1v) is 6.37. The summed E-state index contributed by atoms with van der Waals surface area (Å²) in [6, 6.07) is 2.57. The molecule has 0 bridgehead atoms. The summed E-state index contributed by atoms with van der Waals surface area (Å²) in [6.07, 6.45) is 1.39. The maximum atomic E-state index is 11.9. The first-order valence-electron chi connectivity index (χ1n) is 6.37. The third-order valence-corrected chi connectivity index (χ3v) is 2.82. The minimum absolute atomic E-state index is 0.0217. The Balaban J connectivity index is 2.68. The van der Waals surface area contributed by atoms with Crippen molar-refractivity contribution in [3.05, 3.63) is 29.6 Å². The summed E-state index contributed by atoms with van der Waals surface area (Å²) in [4.78, 5) is 26.6. The summed E-state index contributed by atoms with van der Waals surface area (Å²) in [7, 11) is 0. The lowest BCUT2D eigenvalue weighted by atomic mass is 9.87. The van der Waals surface area contributed by atoms with Crippen LogP contribution < -0.4 is 5.32 Å². The van der Waals surface area contributed by atoms with Crippen molar-refractivity contribution >= 4 is 11.9 Å². The molecule has 110 valence electrons. The molecule has 0 saturated carbocycles. The van der Waals surface area contributed by atoms with Crippen molar-refractivity contribution in [1.29, 1.82) is 0 Å². The van der Waals surface area contributed by atoms with Gasteiger partial charge in [-0.25, -0.2) is 4.79 Å². The standard InChI is InChI=1S/C14H20N2O4/c1-9(17)7-14(2,3)8-16-12(18)11-6-10(13(19)20)4-5-15-11/h4-6,9,17H,7-8H2,1-3H3,(H,16,18)(H,19,20). The fourth-order valence-corrected chi connectivity index (χ4v) is 1.97. The monoisotopic (exact) mass is 280 g/mol. The van der Waals surface area contributed by atoms with E-state index in [-0.39, 0.29) is 16.7 Å². The lowest BCUT2D eigenvalue weighted by molar-refractivity contribution is 0.0696. The van der Waals surface area contributed by atoms with Gasteiger partial charge in [-0.05, 0) is 30.9 Å². The Morgan fingerprint density at radius 1 is 1.45 bits per heavy atom. The van der Waals surface area contributed by atoms with Crippen molar-refractivity contribution in [3.63, 3.8) is 0 Å². The van der Waals surface area contributed by atoms with Crippen molar-refractivity contribution in [3.8, 4) is 0 Å². The predicted octanol–water partition coefficient (Wildman–Crippen LogP) is 1.31. The molecule has 0 aliphatic carbocycles. The van der Waals surface area contributed by atoms with Gasteiger partial charge in [0.25, 0.3) is 5.91 Å². The normalized spacial score (nSPS) is 12.8. The Morgan fingerprint density at radius 2 is 2.10 bits per heavy atom. The molecule has 1 amide bonds. The second-order valence-corrected chi connectivity index (χ2v) is 5.63. The zero-order chi connectivity index (χ0) is 15.3. The largest absolute Gasteiger partial charge is 0.478 e. The van der Waals surface area contributed by atoms with Gasteiger partial charge in [-0.1, -0.05) is 13.8 Å². The van der Waals surface area contributed by atoms with Gasteiger partial charge in [0, 0.05) is 12.7 Å². The van der Waals surface area contributed by atoms with Crippen LogP contribution in [0.1, 0.15) is 48.0 Å². The maximum Gasteiger partial charge on any atom is 0.335 e. The van der Waals surface area contributed by atoms with Crippen LogP contribution in [-0.2, 0) is 0 Å². The highest BCUT2D eigenvalue weighted by Gasteiger charge is 2.22. The van der Waals surface area contributed by atoms with E-state index in [9.17, 15) is 14.7 Å². The average molecular weight is 280 g/mol. The Labute approximate surface area is 117 Å². The number of carboxylic acids is 1. The Kier molecular flexibility index (Phi) is 5.21. The molecular formula is C14H20N2O4. The number of aromatic carboxylic acids is 1. The topological polar surface area (TPSA) is 99.5 Å². The maximum absolute atomic E-state index is 11.9. The van der Waals surface area contributed by atoms with Crippen molar-refractivity contribution in [2.45, 2.75) is 33.3 Å². The van der Waals surface area contributed by atoms with Crippen LogP contribution in [0.5, 0.6) is 0 Å². The highest BCUT2D eigenvalue weighted by Crippen LogP contribution is 2.21. The molecule has 20 heavy (non-hydrogen) atoms. The van der Waals surface area contributed by atoms with Crippen LogP contribution in [0.15, 0.2) is 18.3 Å². The van der Waals surface area contributed by atoms with E-state index in [0.29, 0.717) is 13.0 Å². The Morgan fingerprint density at radius 3 is 2.65 bits per heavy atom. The highest BCUT2D eigenvalue weighted by atomic mass is 16.4. The summed E-state index contributed by atoms with van der Waals surface area (Å²) < 4.78 is 0. The molecule has 6 heteroatoms. The molecule has 6 nitrogen and oxygen atoms in total. The van der Waals surface area contributed by atoms with Crippen LogP contribution in [0.4, 0.5) is 0 Å². The first-order chi connectivity index (χ1) is 9.21. The van der Waals surface area contributed by atoms with E-state index in [0.717, 1.165) is 0 Å². The molecule has 1 aromatic rings. The highest BCUT2D eigenvalue weighted by molar-refractivity contribution is 5.95. The molecule has 0 saturated heterocycles. The summed E-state index contributed by atoms with van der Waals surface area (Å²) in [6.45, 7) is 5.93. The molecule has 1 atom stereocenters. The van der Waals surface area contributed by atoms with Gasteiger partial charge in [-0.3, -0.25) is 9.78 Å². The molecule has 0 aliphatic heterocycles. The summed E-state index contributed by atoms with van der Waals surface area (Å²) in [5, 5.41) is 20.9. The molecule has 0 aromatic carbocycles. The summed E-state index contributed by atoms with van der Waals surface area (Å²) >= 11 is 0. The zero-order valence-electron chi connectivity index (χ0n) is 11.9. The number of carboxylic acid groups (broad SMARTS) is 1. The third-order valence-electron chi connectivity index (χ3n) is 2.82. The summed E-state index contributed by atoms with van der Waals surface area (Å²) in [5.41, 5.74) is -0.167. The minimum atomic E-state index is -1.10. The minimum Gasteiger partial charge on any atom is -0.478 e. The van der Waals surface area contributed by atoms with Gasteiger partial charge in [0.05, 0.1) is 11.7 Å². The number of aromatic nitrogens is 1. The summed E-state index contributed by atoms with van der Waals surface area (Å²) in [5.74, 6) is -1.53. The molecule has 1 heterocycles. The molecule has 1 rings (SSSR count). The average Bonchev–Trinajstić information content (AvgIpc) is 2.34. The number of aliphatic hydroxyl groups excluding tert-OH is 1. The molecule has 3 N–H and O–H groups in total. The van der Waals surface area contributed by atoms with E-state index < -0.39 is 18.0 Å². The number of rotatable bonds is 6. The quantitative estimate of drug-likeness (QED) is 0.729. The van der Waals surface area contributed by atoms with Gasteiger partial charge in [-0.15, -0.1) is 0 Å². The van der Waals surface area contributed by atoms with Gasteiger partial charge >= 0.3 is 5.97 Å². The van der Waals surface area contributed by atoms with Crippen LogP contribution in [0.3, 0.4) is 0 Å². The smallest absolute Gasteiger partial charge is 0.335 e. The number of nitrogens with one attached hydrogen (secondary N) is 1. The number of carbonyl (C=O) groups is 2. The molecule has 1 aromatic heterocycles. The zero-order valence-corrected chi connectivity index (χ0v) is 11.9. The second-order valence-electron chi connectivity index (χ2n) is 5.63. The molecule has 0 aliphatic rings. The third kappa shape index (κ3) is 4.97. The van der Waals surface area contributed by atoms with E-state index in [1.165, 1.54) is 18.3 Å². The van der Waals surface area contributed by atoms with Crippen molar-refractivity contribution < 1.29 is 19.8 Å². The number of aliphatic hydroxyl groups is 1. The second kappa shape index (κ2) is 6.47. The Hall–Kier alpha value is -1.95. The number of pyridine rings is 1. The molecule has 0 radical (unpaired) electrons. The number of amides is 1. The molecule has 1 unspecified atom stereocenters. The number of carbonyl (C=O) groups excluding carboxylic acids is 1. The van der Waals surface area contributed by atoms with E-state index in [1.807, 2.05) is 13.8 Å². The van der Waals surface area contributed by atoms with Crippen molar-refractivity contribution in [2.24, 2.45) is 5.41 Å². The van der Waals surface area contributed by atoms with E-state index in [4.69, 9.17) is 5.11 Å². The van der Waals surface area contributed by atoms with Crippen LogP contribution >= 0.6 is 0 Å². The first kappa shape index (κ1) is 16.1. The van der Waals surface area contributed by atoms with Crippen LogP contribution in [0.25, 0.3) is 0 Å². The van der Waals surface area contributed by atoms with Gasteiger partial charge in [0.1, 0.15) is 5.69 Å². The van der Waals surface area contributed by atoms with Gasteiger partial charge in [-0.2, -0.15) is 0 Å². The lowest BCUT2D eigenvalue weighted by Crippen LogP contribution is -2.36. The molecule has 0 spiro atoms. The number of hydrogen-bond donors (Lipinski definition) is 3. The Bertz CT molecular complexity index is 498. The van der Waals surface area contributed by atoms with Gasteiger partial charge in [0.2, 0.25) is 0 Å². The fourth-order valence-electron chi connectivity index (χ4n) is 1.97. The van der Waals surface area contributed by atoms with Gasteiger partial charge in [0.15, 0.2) is 0 Å². The van der Waals surface area contributed by atoms with E-state index in [2.05, 4.69) is 10.3 Å². The van der Waals surface area contributed by atoms with Crippen LogP contribution in [-0.4, -0.2) is 39.7 Å². The van der Waals surface area contributed by atoms with Crippen LogP contribution in [0.2, 0.25) is 0 Å².